The molecule has 132 valence electrons. The Hall–Kier alpha value is -3.39. The number of H-pyrrole nitrogens is 1. The Balaban J connectivity index is 1.62. The number of imidazole rings is 1. The van der Waals surface area contributed by atoms with Crippen molar-refractivity contribution < 1.29 is 24.2 Å². The molecule has 0 aliphatic rings. The Labute approximate surface area is 151 Å². The van der Waals surface area contributed by atoms with Crippen molar-refractivity contribution in [3.8, 4) is 0 Å². The number of esters is 1. The highest BCUT2D eigenvalue weighted by molar-refractivity contribution is 6.33. The number of hydrogen-bond acceptors (Lipinski definition) is 5. The van der Waals surface area contributed by atoms with E-state index in [4.69, 9.17) is 21.4 Å². The zero-order chi connectivity index (χ0) is 18.7. The number of carbonyl (C=O) groups excluding carboxylic acids is 2. The molecule has 0 fully saturated rings. The van der Waals surface area contributed by atoms with Crippen LogP contribution in [0.15, 0.2) is 42.7 Å². The number of aromatic amines is 1. The lowest BCUT2D eigenvalue weighted by atomic mass is 10.2. The minimum absolute atomic E-state index is 0.0328. The summed E-state index contributed by atoms with van der Waals surface area (Å²) in [5.74, 6) is -2.48. The van der Waals surface area contributed by atoms with Crippen LogP contribution in [-0.4, -0.2) is 39.5 Å². The number of anilines is 1. The highest BCUT2D eigenvalue weighted by Crippen LogP contribution is 2.23. The van der Waals surface area contributed by atoms with Crippen LogP contribution in [0.2, 0.25) is 5.02 Å². The molecule has 1 aromatic heterocycles. The molecule has 2 aromatic carbocycles. The topological polar surface area (TPSA) is 121 Å². The number of ether oxygens (including phenoxy) is 1. The molecule has 3 rings (SSSR count). The van der Waals surface area contributed by atoms with Gasteiger partial charge in [-0.3, -0.25) is 4.79 Å². The van der Waals surface area contributed by atoms with E-state index >= 15 is 0 Å². The zero-order valence-corrected chi connectivity index (χ0v) is 13.9. The van der Waals surface area contributed by atoms with Crippen molar-refractivity contribution in [3.63, 3.8) is 0 Å². The number of nitrogens with zero attached hydrogens (tertiary/aromatic N) is 1. The van der Waals surface area contributed by atoms with E-state index in [0.29, 0.717) is 11.0 Å². The van der Waals surface area contributed by atoms with Crippen molar-refractivity contribution in [3.05, 3.63) is 58.9 Å². The van der Waals surface area contributed by atoms with Crippen LogP contribution in [0.25, 0.3) is 11.0 Å². The van der Waals surface area contributed by atoms with E-state index in [9.17, 15) is 14.4 Å². The molecule has 0 bridgehead atoms. The van der Waals surface area contributed by atoms with Crippen LogP contribution in [0.3, 0.4) is 0 Å². The van der Waals surface area contributed by atoms with Gasteiger partial charge in [0.25, 0.3) is 5.91 Å². The summed E-state index contributed by atoms with van der Waals surface area (Å²) in [5, 5.41) is 11.5. The highest BCUT2D eigenvalue weighted by Gasteiger charge is 2.14. The van der Waals surface area contributed by atoms with Gasteiger partial charge < -0.3 is 20.1 Å². The summed E-state index contributed by atoms with van der Waals surface area (Å²) in [4.78, 5) is 41.9. The van der Waals surface area contributed by atoms with Crippen molar-refractivity contribution >= 4 is 46.2 Å². The summed E-state index contributed by atoms with van der Waals surface area (Å²) >= 11 is 5.92. The number of hydrogen-bond donors (Lipinski definition) is 3. The first-order valence-electron chi connectivity index (χ1n) is 7.37. The van der Waals surface area contributed by atoms with Crippen LogP contribution >= 0.6 is 11.6 Å². The molecule has 1 amide bonds. The molecule has 0 atom stereocenters. The molecule has 1 heterocycles. The van der Waals surface area contributed by atoms with Gasteiger partial charge in [0.2, 0.25) is 0 Å². The van der Waals surface area contributed by atoms with Crippen LogP contribution in [0.4, 0.5) is 5.69 Å². The van der Waals surface area contributed by atoms with Crippen molar-refractivity contribution in [1.82, 2.24) is 9.97 Å². The minimum Gasteiger partial charge on any atom is -0.478 e. The molecule has 3 aromatic rings. The van der Waals surface area contributed by atoms with Gasteiger partial charge in [0.05, 0.1) is 39.2 Å². The van der Waals surface area contributed by atoms with Crippen molar-refractivity contribution in [1.29, 1.82) is 0 Å². The molecular weight excluding hydrogens is 362 g/mol. The largest absolute Gasteiger partial charge is 0.478 e. The van der Waals surface area contributed by atoms with Gasteiger partial charge in [0.1, 0.15) is 0 Å². The molecule has 8 nitrogen and oxygen atoms in total. The molecule has 0 radical (unpaired) electrons. The Bertz CT molecular complexity index is 1010. The number of fused-ring (bicyclic) bond motifs is 1. The van der Waals surface area contributed by atoms with E-state index in [2.05, 4.69) is 15.3 Å². The summed E-state index contributed by atoms with van der Waals surface area (Å²) in [6.07, 6.45) is 1.50. The molecule has 0 aliphatic heterocycles. The molecular formula is C17H12ClN3O5. The second-order valence-corrected chi connectivity index (χ2v) is 5.67. The van der Waals surface area contributed by atoms with Crippen LogP contribution < -0.4 is 5.32 Å². The van der Waals surface area contributed by atoms with E-state index in [-0.39, 0.29) is 21.8 Å². The predicted molar refractivity (Wildman–Crippen MR) is 93.4 cm³/mol. The predicted octanol–water partition coefficient (Wildman–Crippen LogP) is 2.71. The Morgan fingerprint density at radius 3 is 2.69 bits per heavy atom. The van der Waals surface area contributed by atoms with Gasteiger partial charge in [-0.25, -0.2) is 14.6 Å². The summed E-state index contributed by atoms with van der Waals surface area (Å²) in [6.45, 7) is -0.548. The molecule has 0 saturated carbocycles. The smallest absolute Gasteiger partial charge is 0.338 e. The molecule has 0 aliphatic carbocycles. The maximum absolute atomic E-state index is 12.0. The Morgan fingerprint density at radius 1 is 1.15 bits per heavy atom. The van der Waals surface area contributed by atoms with E-state index in [0.717, 1.165) is 0 Å². The number of halogens is 1. The van der Waals surface area contributed by atoms with Crippen molar-refractivity contribution in [2.75, 3.05) is 11.9 Å². The van der Waals surface area contributed by atoms with E-state index in [1.54, 1.807) is 12.1 Å². The summed E-state index contributed by atoms with van der Waals surface area (Å²) < 4.78 is 4.96. The number of carboxylic acid groups (broad SMARTS) is 1. The summed E-state index contributed by atoms with van der Waals surface area (Å²) in [6, 6.07) is 8.64. The quantitative estimate of drug-likeness (QED) is 0.591. The van der Waals surface area contributed by atoms with E-state index in [1.807, 2.05) is 0 Å². The van der Waals surface area contributed by atoms with Crippen molar-refractivity contribution in [2.24, 2.45) is 0 Å². The molecule has 0 spiro atoms. The molecule has 0 saturated heterocycles. The number of benzene rings is 2. The van der Waals surface area contributed by atoms with Gasteiger partial charge in [-0.15, -0.1) is 0 Å². The minimum atomic E-state index is -1.15. The Morgan fingerprint density at radius 2 is 1.92 bits per heavy atom. The maximum Gasteiger partial charge on any atom is 0.338 e. The lowest BCUT2D eigenvalue weighted by Crippen LogP contribution is -2.21. The summed E-state index contributed by atoms with van der Waals surface area (Å²) in [7, 11) is 0. The van der Waals surface area contributed by atoms with Crippen LogP contribution in [0, 0.1) is 0 Å². The summed E-state index contributed by atoms with van der Waals surface area (Å²) in [5.41, 5.74) is 1.72. The lowest BCUT2D eigenvalue weighted by molar-refractivity contribution is -0.119. The fourth-order valence-corrected chi connectivity index (χ4v) is 2.38. The number of nitrogens with one attached hydrogen (secondary N) is 2. The first kappa shape index (κ1) is 17.4. The van der Waals surface area contributed by atoms with Gasteiger partial charge in [-0.2, -0.15) is 0 Å². The number of aromatic nitrogens is 2. The number of aromatic carboxylic acids is 1. The highest BCUT2D eigenvalue weighted by atomic mass is 35.5. The monoisotopic (exact) mass is 373 g/mol. The third-order valence-electron chi connectivity index (χ3n) is 3.48. The number of amides is 1. The van der Waals surface area contributed by atoms with Gasteiger partial charge in [0, 0.05) is 0 Å². The average molecular weight is 374 g/mol. The lowest BCUT2D eigenvalue weighted by Gasteiger charge is -2.09. The van der Waals surface area contributed by atoms with E-state index < -0.39 is 24.5 Å². The molecule has 26 heavy (non-hydrogen) atoms. The molecule has 3 N–H and O–H groups in total. The third kappa shape index (κ3) is 3.81. The standard InChI is InChI=1S/C17H12ClN3O5/c18-11-3-1-9(16(23)24)5-13(11)21-15(22)7-26-17(25)10-2-4-12-14(6-10)20-8-19-12/h1-6,8H,7H2,(H,19,20)(H,21,22)(H,23,24). The zero-order valence-electron chi connectivity index (χ0n) is 13.2. The molecule has 0 unspecified atom stereocenters. The van der Waals surface area contributed by atoms with Crippen LogP contribution in [-0.2, 0) is 9.53 Å². The SMILES string of the molecule is O=C(COC(=O)c1ccc2nc[nH]c2c1)Nc1cc(C(=O)O)ccc1Cl. The maximum atomic E-state index is 12.0. The first-order chi connectivity index (χ1) is 12.4. The van der Waals surface area contributed by atoms with Crippen LogP contribution in [0.1, 0.15) is 20.7 Å². The first-order valence-corrected chi connectivity index (χ1v) is 7.75. The van der Waals surface area contributed by atoms with Gasteiger partial charge in [-0.05, 0) is 36.4 Å². The number of carbonyl (C=O) groups is 3. The second kappa shape index (κ2) is 7.24. The number of carboxylic acids is 1. The average Bonchev–Trinajstić information content (AvgIpc) is 3.09. The van der Waals surface area contributed by atoms with Crippen molar-refractivity contribution in [2.45, 2.75) is 0 Å². The Kier molecular flexibility index (Phi) is 4.85. The molecule has 9 heteroatoms. The van der Waals surface area contributed by atoms with E-state index in [1.165, 1.54) is 30.6 Å². The fraction of sp³-hybridized carbons (Fsp3) is 0.0588. The van der Waals surface area contributed by atoms with Gasteiger partial charge in [-0.1, -0.05) is 11.6 Å². The van der Waals surface area contributed by atoms with Crippen LogP contribution in [0.5, 0.6) is 0 Å². The fourth-order valence-electron chi connectivity index (χ4n) is 2.22. The van der Waals surface area contributed by atoms with Gasteiger partial charge >= 0.3 is 11.9 Å². The normalized spacial score (nSPS) is 10.5. The second-order valence-electron chi connectivity index (χ2n) is 5.26. The third-order valence-corrected chi connectivity index (χ3v) is 3.81. The van der Waals surface area contributed by atoms with Gasteiger partial charge in [0.15, 0.2) is 6.61 Å². The number of rotatable bonds is 5.